The molecule has 1 heterocycles. The van der Waals surface area contributed by atoms with E-state index in [-0.39, 0.29) is 5.91 Å². The fourth-order valence-corrected chi connectivity index (χ4v) is 2.83. The molecule has 1 aromatic rings. The fourth-order valence-electron chi connectivity index (χ4n) is 2.27. The molecular formula is C15H18BrNO2. The highest BCUT2D eigenvalue weighted by Gasteiger charge is 2.22. The van der Waals surface area contributed by atoms with E-state index in [0.717, 1.165) is 27.9 Å². The number of nitrogens with zero attached hydrogens (tertiary/aromatic N) is 1. The summed E-state index contributed by atoms with van der Waals surface area (Å²) in [6.45, 7) is 5.31. The highest BCUT2D eigenvalue weighted by atomic mass is 79.9. The van der Waals surface area contributed by atoms with Crippen LogP contribution in [0.5, 0.6) is 5.75 Å². The lowest BCUT2D eigenvalue weighted by atomic mass is 10.0. The number of carbonyl (C=O) groups excluding carboxylic acids is 1. The zero-order valence-electron chi connectivity index (χ0n) is 11.3. The van der Waals surface area contributed by atoms with Gasteiger partial charge >= 0.3 is 0 Å². The Morgan fingerprint density at radius 1 is 1.37 bits per heavy atom. The summed E-state index contributed by atoms with van der Waals surface area (Å²) in [5, 5.41) is 0. The van der Waals surface area contributed by atoms with E-state index in [1.165, 1.54) is 0 Å². The van der Waals surface area contributed by atoms with E-state index in [0.29, 0.717) is 19.6 Å². The van der Waals surface area contributed by atoms with Crippen LogP contribution in [0.25, 0.3) is 5.70 Å². The molecule has 0 bridgehead atoms. The molecule has 0 spiro atoms. The van der Waals surface area contributed by atoms with Gasteiger partial charge in [0.1, 0.15) is 5.75 Å². The number of carbonyl (C=O) groups is 1. The maximum atomic E-state index is 11.9. The normalized spacial score (nSPS) is 15.4. The second kappa shape index (κ2) is 6.24. The summed E-state index contributed by atoms with van der Waals surface area (Å²) in [6.07, 6.45) is 3.54. The minimum absolute atomic E-state index is 0.195. The average Bonchev–Trinajstić information content (AvgIpc) is 2.39. The van der Waals surface area contributed by atoms with Gasteiger partial charge in [-0.25, -0.2) is 0 Å². The van der Waals surface area contributed by atoms with E-state index in [4.69, 9.17) is 4.74 Å². The quantitative estimate of drug-likeness (QED) is 0.842. The molecule has 0 radical (unpaired) electrons. The molecule has 0 saturated heterocycles. The standard InChI is InChI=1S/C15H18BrNO2/c1-3-17-14(6-5-7-15(17)18)12-9-8-11(19-4-2)10-13(12)16/h6,8-10H,3-5,7H2,1-2H3. The highest BCUT2D eigenvalue weighted by molar-refractivity contribution is 9.10. The Morgan fingerprint density at radius 2 is 2.16 bits per heavy atom. The number of hydrogen-bond donors (Lipinski definition) is 0. The Labute approximate surface area is 122 Å². The molecule has 2 rings (SSSR count). The monoisotopic (exact) mass is 323 g/mol. The van der Waals surface area contributed by atoms with Crippen molar-refractivity contribution in [1.82, 2.24) is 4.90 Å². The SMILES string of the molecule is CCOc1ccc(C2=CCCC(=O)N2CC)c(Br)c1. The zero-order valence-corrected chi connectivity index (χ0v) is 12.9. The van der Waals surface area contributed by atoms with Crippen LogP contribution in [0, 0.1) is 0 Å². The molecule has 1 aromatic carbocycles. The second-order valence-electron chi connectivity index (χ2n) is 4.34. The largest absolute Gasteiger partial charge is 0.494 e. The van der Waals surface area contributed by atoms with Crippen molar-refractivity contribution in [2.24, 2.45) is 0 Å². The summed E-state index contributed by atoms with van der Waals surface area (Å²) in [5.41, 5.74) is 2.03. The van der Waals surface area contributed by atoms with Crippen LogP contribution < -0.4 is 4.74 Å². The number of halogens is 1. The molecule has 0 atom stereocenters. The van der Waals surface area contributed by atoms with Gasteiger partial charge in [0.15, 0.2) is 0 Å². The predicted molar refractivity (Wildman–Crippen MR) is 79.9 cm³/mol. The molecule has 102 valence electrons. The zero-order chi connectivity index (χ0) is 13.8. The molecule has 0 unspecified atom stereocenters. The molecule has 4 heteroatoms. The van der Waals surface area contributed by atoms with E-state index < -0.39 is 0 Å². The molecule has 0 fully saturated rings. The van der Waals surface area contributed by atoms with Gasteiger partial charge in [0.05, 0.1) is 6.61 Å². The van der Waals surface area contributed by atoms with Crippen LogP contribution in [0.3, 0.4) is 0 Å². The first-order valence-electron chi connectivity index (χ1n) is 6.60. The minimum atomic E-state index is 0.195. The van der Waals surface area contributed by atoms with E-state index in [2.05, 4.69) is 22.0 Å². The average molecular weight is 324 g/mol. The maximum absolute atomic E-state index is 11.9. The third kappa shape index (κ3) is 3.00. The van der Waals surface area contributed by atoms with Gasteiger partial charge < -0.3 is 9.64 Å². The molecular weight excluding hydrogens is 306 g/mol. The van der Waals surface area contributed by atoms with Crippen molar-refractivity contribution in [2.75, 3.05) is 13.2 Å². The third-order valence-corrected chi connectivity index (χ3v) is 3.79. The summed E-state index contributed by atoms with van der Waals surface area (Å²) >= 11 is 3.57. The molecule has 19 heavy (non-hydrogen) atoms. The Morgan fingerprint density at radius 3 is 2.79 bits per heavy atom. The summed E-state index contributed by atoms with van der Waals surface area (Å²) in [6, 6.07) is 5.89. The number of hydrogen-bond acceptors (Lipinski definition) is 2. The lowest BCUT2D eigenvalue weighted by Gasteiger charge is -2.28. The molecule has 3 nitrogen and oxygen atoms in total. The van der Waals surface area contributed by atoms with Gasteiger partial charge in [0.25, 0.3) is 0 Å². The predicted octanol–water partition coefficient (Wildman–Crippen LogP) is 3.83. The van der Waals surface area contributed by atoms with Crippen LogP contribution in [0.2, 0.25) is 0 Å². The first-order chi connectivity index (χ1) is 9.17. The van der Waals surface area contributed by atoms with Gasteiger partial charge in [0.2, 0.25) is 5.91 Å². The Kier molecular flexibility index (Phi) is 4.64. The third-order valence-electron chi connectivity index (χ3n) is 3.13. The first kappa shape index (κ1) is 14.1. The number of benzene rings is 1. The van der Waals surface area contributed by atoms with Crippen LogP contribution in [0.15, 0.2) is 28.7 Å². The van der Waals surface area contributed by atoms with Crippen LogP contribution in [0.4, 0.5) is 0 Å². The Balaban J connectivity index is 2.35. The van der Waals surface area contributed by atoms with E-state index in [1.54, 1.807) is 0 Å². The number of ether oxygens (including phenoxy) is 1. The lowest BCUT2D eigenvalue weighted by Crippen LogP contribution is -2.31. The van der Waals surface area contributed by atoms with Crippen LogP contribution in [0.1, 0.15) is 32.3 Å². The van der Waals surface area contributed by atoms with Gasteiger partial charge in [-0.05, 0) is 54.4 Å². The number of allylic oxidation sites excluding steroid dienone is 1. The number of amides is 1. The van der Waals surface area contributed by atoms with Crippen molar-refractivity contribution in [3.05, 3.63) is 34.3 Å². The van der Waals surface area contributed by atoms with Crippen LogP contribution in [-0.2, 0) is 4.79 Å². The summed E-state index contributed by atoms with van der Waals surface area (Å²) in [4.78, 5) is 13.8. The topological polar surface area (TPSA) is 29.5 Å². The van der Waals surface area contributed by atoms with Crippen molar-refractivity contribution in [3.8, 4) is 5.75 Å². The van der Waals surface area contributed by atoms with Crippen molar-refractivity contribution >= 4 is 27.5 Å². The smallest absolute Gasteiger partial charge is 0.227 e. The van der Waals surface area contributed by atoms with E-state index in [1.807, 2.05) is 36.9 Å². The number of rotatable bonds is 4. The summed E-state index contributed by atoms with van der Waals surface area (Å²) in [7, 11) is 0. The fraction of sp³-hybridized carbons (Fsp3) is 0.400. The molecule has 0 aliphatic carbocycles. The lowest BCUT2D eigenvalue weighted by molar-refractivity contribution is -0.128. The molecule has 1 aliphatic heterocycles. The van der Waals surface area contributed by atoms with Crippen molar-refractivity contribution < 1.29 is 9.53 Å². The van der Waals surface area contributed by atoms with E-state index in [9.17, 15) is 4.79 Å². The van der Waals surface area contributed by atoms with Gasteiger partial charge in [-0.2, -0.15) is 0 Å². The van der Waals surface area contributed by atoms with Gasteiger partial charge in [-0.3, -0.25) is 4.79 Å². The molecule has 0 saturated carbocycles. The maximum Gasteiger partial charge on any atom is 0.227 e. The van der Waals surface area contributed by atoms with E-state index >= 15 is 0 Å². The first-order valence-corrected chi connectivity index (χ1v) is 7.40. The summed E-state index contributed by atoms with van der Waals surface area (Å²) in [5.74, 6) is 1.03. The van der Waals surface area contributed by atoms with Crippen molar-refractivity contribution in [1.29, 1.82) is 0 Å². The molecule has 0 aromatic heterocycles. The Bertz CT molecular complexity index is 511. The molecule has 0 N–H and O–H groups in total. The van der Waals surface area contributed by atoms with Crippen LogP contribution >= 0.6 is 15.9 Å². The summed E-state index contributed by atoms with van der Waals surface area (Å²) < 4.78 is 6.43. The minimum Gasteiger partial charge on any atom is -0.494 e. The van der Waals surface area contributed by atoms with Crippen molar-refractivity contribution in [2.45, 2.75) is 26.7 Å². The highest BCUT2D eigenvalue weighted by Crippen LogP contribution is 2.33. The molecule has 1 aliphatic rings. The van der Waals surface area contributed by atoms with Gasteiger partial charge in [-0.1, -0.05) is 6.08 Å². The Hall–Kier alpha value is -1.29. The second-order valence-corrected chi connectivity index (χ2v) is 5.20. The van der Waals surface area contributed by atoms with Crippen LogP contribution in [-0.4, -0.2) is 24.0 Å². The van der Waals surface area contributed by atoms with Gasteiger partial charge in [-0.15, -0.1) is 0 Å². The molecule has 1 amide bonds. The van der Waals surface area contributed by atoms with Crippen molar-refractivity contribution in [3.63, 3.8) is 0 Å². The van der Waals surface area contributed by atoms with Gasteiger partial charge in [0, 0.05) is 28.7 Å².